The van der Waals surface area contributed by atoms with E-state index in [0.717, 1.165) is 25.7 Å². The predicted molar refractivity (Wildman–Crippen MR) is 88.9 cm³/mol. The fourth-order valence-corrected chi connectivity index (χ4v) is 2.84. The number of allylic oxidation sites excluding steroid dienone is 2. The predicted octanol–water partition coefficient (Wildman–Crippen LogP) is 4.45. The maximum absolute atomic E-state index is 12.2. The van der Waals surface area contributed by atoms with Crippen LogP contribution in [0.15, 0.2) is 35.9 Å². The first-order valence-corrected chi connectivity index (χ1v) is 8.09. The van der Waals surface area contributed by atoms with E-state index >= 15 is 0 Å². The Bertz CT molecular complexity index is 550. The van der Waals surface area contributed by atoms with Crippen molar-refractivity contribution in [3.63, 3.8) is 0 Å². The standard InChI is InChI=1S/C19H25NO2/c1-14(2)8-6-9-15(3)10-7-13-20-18(21)16-11-4-5-12-17(16)19(20)22/h4-5,8,11-12,15H,6-7,9-10,13H2,1-3H3/t15-/m1/s1. The van der Waals surface area contributed by atoms with E-state index in [1.807, 2.05) is 0 Å². The zero-order valence-electron chi connectivity index (χ0n) is 13.8. The van der Waals surface area contributed by atoms with Crippen LogP contribution in [0, 0.1) is 5.92 Å². The van der Waals surface area contributed by atoms with Gasteiger partial charge in [-0.1, -0.05) is 30.7 Å². The fraction of sp³-hybridized carbons (Fsp3) is 0.474. The van der Waals surface area contributed by atoms with E-state index in [1.165, 1.54) is 10.5 Å². The number of rotatable bonds is 7. The molecule has 1 aliphatic heterocycles. The van der Waals surface area contributed by atoms with E-state index in [-0.39, 0.29) is 11.8 Å². The van der Waals surface area contributed by atoms with Gasteiger partial charge in [0.1, 0.15) is 0 Å². The molecule has 1 atom stereocenters. The van der Waals surface area contributed by atoms with Gasteiger partial charge in [-0.05, 0) is 57.6 Å². The number of imide groups is 1. The first-order chi connectivity index (χ1) is 10.5. The average molecular weight is 299 g/mol. The Balaban J connectivity index is 1.80. The number of hydrogen-bond acceptors (Lipinski definition) is 2. The highest BCUT2D eigenvalue weighted by molar-refractivity contribution is 6.21. The highest BCUT2D eigenvalue weighted by Crippen LogP contribution is 2.23. The van der Waals surface area contributed by atoms with Crippen molar-refractivity contribution in [1.82, 2.24) is 4.90 Å². The fourth-order valence-electron chi connectivity index (χ4n) is 2.84. The monoisotopic (exact) mass is 299 g/mol. The van der Waals surface area contributed by atoms with Crippen LogP contribution in [-0.4, -0.2) is 23.3 Å². The molecule has 0 spiro atoms. The highest BCUT2D eigenvalue weighted by Gasteiger charge is 2.34. The highest BCUT2D eigenvalue weighted by atomic mass is 16.2. The molecule has 1 aliphatic rings. The molecule has 0 bridgehead atoms. The summed E-state index contributed by atoms with van der Waals surface area (Å²) in [6, 6.07) is 7.08. The van der Waals surface area contributed by atoms with Crippen LogP contribution in [0.1, 0.15) is 67.2 Å². The molecule has 0 N–H and O–H groups in total. The van der Waals surface area contributed by atoms with Crippen molar-refractivity contribution >= 4 is 11.8 Å². The third-order valence-corrected chi connectivity index (χ3v) is 4.17. The van der Waals surface area contributed by atoms with E-state index in [4.69, 9.17) is 0 Å². The lowest BCUT2D eigenvalue weighted by atomic mass is 9.99. The smallest absolute Gasteiger partial charge is 0.261 e. The second-order valence-corrected chi connectivity index (χ2v) is 6.41. The first-order valence-electron chi connectivity index (χ1n) is 8.09. The van der Waals surface area contributed by atoms with E-state index in [1.54, 1.807) is 24.3 Å². The van der Waals surface area contributed by atoms with Crippen molar-refractivity contribution in [3.05, 3.63) is 47.0 Å². The molecule has 2 amide bonds. The van der Waals surface area contributed by atoms with E-state index in [9.17, 15) is 9.59 Å². The summed E-state index contributed by atoms with van der Waals surface area (Å²) in [6.45, 7) is 7.00. The third kappa shape index (κ3) is 3.85. The van der Waals surface area contributed by atoms with E-state index in [2.05, 4.69) is 26.8 Å². The maximum Gasteiger partial charge on any atom is 0.261 e. The molecule has 2 rings (SSSR count). The number of hydrogen-bond donors (Lipinski definition) is 0. The maximum atomic E-state index is 12.2. The quantitative estimate of drug-likeness (QED) is 0.551. The lowest BCUT2D eigenvalue weighted by Gasteiger charge is -2.15. The number of amides is 2. The minimum Gasteiger partial charge on any atom is -0.274 e. The largest absolute Gasteiger partial charge is 0.274 e. The van der Waals surface area contributed by atoms with Crippen LogP contribution in [0.25, 0.3) is 0 Å². The van der Waals surface area contributed by atoms with Crippen LogP contribution in [0.5, 0.6) is 0 Å². The zero-order chi connectivity index (χ0) is 16.1. The number of nitrogens with zero attached hydrogens (tertiary/aromatic N) is 1. The van der Waals surface area contributed by atoms with Gasteiger partial charge >= 0.3 is 0 Å². The number of carbonyl (C=O) groups is 2. The van der Waals surface area contributed by atoms with Crippen LogP contribution in [0.4, 0.5) is 0 Å². The molecule has 22 heavy (non-hydrogen) atoms. The Kier molecular flexibility index (Phi) is 5.53. The van der Waals surface area contributed by atoms with E-state index in [0.29, 0.717) is 23.6 Å². The molecule has 1 aromatic rings. The molecule has 1 heterocycles. The molecule has 0 radical (unpaired) electrons. The SMILES string of the molecule is CC(C)=CCC[C@@H](C)CCCN1C(=O)c2ccccc2C1=O. The van der Waals surface area contributed by atoms with Gasteiger partial charge < -0.3 is 0 Å². The summed E-state index contributed by atoms with van der Waals surface area (Å²) in [5.41, 5.74) is 2.45. The van der Waals surface area contributed by atoms with E-state index < -0.39 is 0 Å². The minimum absolute atomic E-state index is 0.141. The van der Waals surface area contributed by atoms with Crippen molar-refractivity contribution in [3.8, 4) is 0 Å². The molecule has 0 fully saturated rings. The molecule has 0 saturated carbocycles. The minimum atomic E-state index is -0.141. The molecule has 1 aromatic carbocycles. The van der Waals surface area contributed by atoms with Crippen LogP contribution in [-0.2, 0) is 0 Å². The summed E-state index contributed by atoms with van der Waals surface area (Å²) in [5.74, 6) is 0.335. The molecule has 0 aliphatic carbocycles. The van der Waals surface area contributed by atoms with Crippen LogP contribution in [0.3, 0.4) is 0 Å². The van der Waals surface area contributed by atoms with Crippen molar-refractivity contribution in [2.75, 3.05) is 6.54 Å². The second kappa shape index (κ2) is 7.39. The van der Waals surface area contributed by atoms with Crippen LogP contribution >= 0.6 is 0 Å². The topological polar surface area (TPSA) is 37.4 Å². The molecule has 3 nitrogen and oxygen atoms in total. The molecule has 0 saturated heterocycles. The molecule has 0 aromatic heterocycles. The Hall–Kier alpha value is -1.90. The summed E-state index contributed by atoms with van der Waals surface area (Å²) in [7, 11) is 0. The summed E-state index contributed by atoms with van der Waals surface area (Å²) in [4.78, 5) is 25.9. The van der Waals surface area contributed by atoms with Gasteiger partial charge in [0.05, 0.1) is 11.1 Å². The van der Waals surface area contributed by atoms with Gasteiger partial charge in [0.2, 0.25) is 0 Å². The third-order valence-electron chi connectivity index (χ3n) is 4.17. The Labute approximate surface area is 133 Å². The zero-order valence-corrected chi connectivity index (χ0v) is 13.8. The lowest BCUT2D eigenvalue weighted by molar-refractivity contribution is 0.0650. The molecule has 0 unspecified atom stereocenters. The normalized spacial score (nSPS) is 15.0. The Morgan fingerprint density at radius 3 is 2.23 bits per heavy atom. The molecular weight excluding hydrogens is 274 g/mol. The van der Waals surface area contributed by atoms with Crippen molar-refractivity contribution in [2.24, 2.45) is 5.92 Å². The summed E-state index contributed by atoms with van der Waals surface area (Å²) in [6.07, 6.45) is 6.45. The number of benzene rings is 1. The molecule has 3 heteroatoms. The second-order valence-electron chi connectivity index (χ2n) is 6.41. The van der Waals surface area contributed by atoms with Gasteiger partial charge in [-0.25, -0.2) is 0 Å². The summed E-state index contributed by atoms with van der Waals surface area (Å²) < 4.78 is 0. The number of carbonyl (C=O) groups excluding carboxylic acids is 2. The summed E-state index contributed by atoms with van der Waals surface area (Å²) >= 11 is 0. The van der Waals surface area contributed by atoms with Gasteiger partial charge in [0, 0.05) is 6.54 Å². The van der Waals surface area contributed by atoms with Gasteiger partial charge in [0.25, 0.3) is 11.8 Å². The van der Waals surface area contributed by atoms with Crippen molar-refractivity contribution in [2.45, 2.75) is 46.5 Å². The van der Waals surface area contributed by atoms with Gasteiger partial charge in [0.15, 0.2) is 0 Å². The van der Waals surface area contributed by atoms with Gasteiger partial charge in [-0.3, -0.25) is 14.5 Å². The summed E-state index contributed by atoms with van der Waals surface area (Å²) in [5, 5.41) is 0. The van der Waals surface area contributed by atoms with Crippen LogP contribution in [0.2, 0.25) is 0 Å². The van der Waals surface area contributed by atoms with Crippen molar-refractivity contribution in [1.29, 1.82) is 0 Å². The average Bonchev–Trinajstić information content (AvgIpc) is 2.72. The lowest BCUT2D eigenvalue weighted by Crippen LogP contribution is -2.30. The van der Waals surface area contributed by atoms with Gasteiger partial charge in [-0.15, -0.1) is 0 Å². The first kappa shape index (κ1) is 16.5. The molecular formula is C19H25NO2. The molecule has 118 valence electrons. The van der Waals surface area contributed by atoms with Crippen molar-refractivity contribution < 1.29 is 9.59 Å². The van der Waals surface area contributed by atoms with Crippen LogP contribution < -0.4 is 0 Å². The number of fused-ring (bicyclic) bond motifs is 1. The Morgan fingerprint density at radius 2 is 1.68 bits per heavy atom. The van der Waals surface area contributed by atoms with Gasteiger partial charge in [-0.2, -0.15) is 0 Å². The Morgan fingerprint density at radius 1 is 1.09 bits per heavy atom.